The molecule has 0 spiro atoms. The highest BCUT2D eigenvalue weighted by Crippen LogP contribution is 2.21. The molecule has 1 unspecified atom stereocenters. The third-order valence-electron chi connectivity index (χ3n) is 4.64. The topological polar surface area (TPSA) is 56.6 Å². The van der Waals surface area contributed by atoms with E-state index in [9.17, 15) is 4.79 Å². The van der Waals surface area contributed by atoms with Crippen molar-refractivity contribution in [3.63, 3.8) is 0 Å². The molecular formula is C18H23N3O2. The van der Waals surface area contributed by atoms with Gasteiger partial charge in [0.2, 0.25) is 5.91 Å². The SMILES string of the molecule is N#Cc1cccc(CN2CCCC(C(=O)N3CCOCC3)C2)c1. The normalized spacial score (nSPS) is 22.6. The smallest absolute Gasteiger partial charge is 0.227 e. The quantitative estimate of drug-likeness (QED) is 0.851. The maximum absolute atomic E-state index is 12.7. The Morgan fingerprint density at radius 1 is 1.30 bits per heavy atom. The van der Waals surface area contributed by atoms with Crippen LogP contribution >= 0.6 is 0 Å². The van der Waals surface area contributed by atoms with E-state index in [-0.39, 0.29) is 11.8 Å². The molecule has 2 heterocycles. The number of rotatable bonds is 3. The third-order valence-corrected chi connectivity index (χ3v) is 4.64. The number of carbonyl (C=O) groups excluding carboxylic acids is 1. The molecule has 23 heavy (non-hydrogen) atoms. The lowest BCUT2D eigenvalue weighted by Crippen LogP contribution is -2.48. The zero-order valence-electron chi connectivity index (χ0n) is 13.4. The van der Waals surface area contributed by atoms with Gasteiger partial charge in [-0.1, -0.05) is 12.1 Å². The minimum absolute atomic E-state index is 0.0981. The van der Waals surface area contributed by atoms with Gasteiger partial charge in [-0.15, -0.1) is 0 Å². The lowest BCUT2D eigenvalue weighted by Gasteiger charge is -2.36. The van der Waals surface area contributed by atoms with Crippen LogP contribution in [0.5, 0.6) is 0 Å². The second-order valence-corrected chi connectivity index (χ2v) is 6.32. The number of piperidine rings is 1. The van der Waals surface area contributed by atoms with Gasteiger partial charge in [-0.3, -0.25) is 9.69 Å². The Balaban J connectivity index is 1.59. The van der Waals surface area contributed by atoms with Gasteiger partial charge < -0.3 is 9.64 Å². The van der Waals surface area contributed by atoms with E-state index in [2.05, 4.69) is 11.0 Å². The molecule has 1 aromatic rings. The number of amides is 1. The summed E-state index contributed by atoms with van der Waals surface area (Å²) in [6, 6.07) is 9.92. The molecule has 0 aliphatic carbocycles. The van der Waals surface area contributed by atoms with E-state index in [0.717, 1.165) is 51.1 Å². The van der Waals surface area contributed by atoms with Crippen LogP contribution in [-0.2, 0) is 16.1 Å². The van der Waals surface area contributed by atoms with Crippen molar-refractivity contribution >= 4 is 5.91 Å². The maximum atomic E-state index is 12.7. The Bertz CT molecular complexity index is 590. The Labute approximate surface area is 137 Å². The van der Waals surface area contributed by atoms with E-state index in [1.165, 1.54) is 0 Å². The molecule has 2 aliphatic heterocycles. The molecule has 0 saturated carbocycles. The first kappa shape index (κ1) is 16.0. The van der Waals surface area contributed by atoms with Gasteiger partial charge in [-0.05, 0) is 37.1 Å². The van der Waals surface area contributed by atoms with Gasteiger partial charge in [0.05, 0.1) is 30.8 Å². The summed E-state index contributed by atoms with van der Waals surface area (Å²) in [5.41, 5.74) is 1.84. The van der Waals surface area contributed by atoms with E-state index < -0.39 is 0 Å². The number of nitrogens with zero attached hydrogens (tertiary/aromatic N) is 3. The number of nitriles is 1. The number of ether oxygens (including phenoxy) is 1. The van der Waals surface area contributed by atoms with Gasteiger partial charge in [0.1, 0.15) is 0 Å². The molecule has 0 bridgehead atoms. The molecule has 0 radical (unpaired) electrons. The zero-order chi connectivity index (χ0) is 16.1. The molecular weight excluding hydrogens is 290 g/mol. The predicted octanol–water partition coefficient (Wildman–Crippen LogP) is 1.63. The molecule has 3 rings (SSSR count). The lowest BCUT2D eigenvalue weighted by atomic mass is 9.95. The number of hydrogen-bond acceptors (Lipinski definition) is 4. The van der Waals surface area contributed by atoms with Crippen molar-refractivity contribution in [3.8, 4) is 6.07 Å². The zero-order valence-corrected chi connectivity index (χ0v) is 13.4. The van der Waals surface area contributed by atoms with Crippen LogP contribution in [0.2, 0.25) is 0 Å². The molecule has 122 valence electrons. The van der Waals surface area contributed by atoms with Crippen LogP contribution in [0.15, 0.2) is 24.3 Å². The average Bonchev–Trinajstić information content (AvgIpc) is 2.62. The second-order valence-electron chi connectivity index (χ2n) is 6.32. The first-order chi connectivity index (χ1) is 11.3. The molecule has 5 nitrogen and oxygen atoms in total. The first-order valence-electron chi connectivity index (χ1n) is 8.34. The van der Waals surface area contributed by atoms with E-state index in [1.807, 2.05) is 29.2 Å². The Morgan fingerprint density at radius 2 is 2.13 bits per heavy atom. The van der Waals surface area contributed by atoms with Crippen LogP contribution in [0.25, 0.3) is 0 Å². The van der Waals surface area contributed by atoms with Gasteiger partial charge >= 0.3 is 0 Å². The van der Waals surface area contributed by atoms with E-state index in [1.54, 1.807) is 0 Å². The van der Waals surface area contributed by atoms with Crippen molar-refractivity contribution in [1.82, 2.24) is 9.80 Å². The first-order valence-corrected chi connectivity index (χ1v) is 8.34. The van der Waals surface area contributed by atoms with Gasteiger partial charge in [0.15, 0.2) is 0 Å². The van der Waals surface area contributed by atoms with Crippen LogP contribution < -0.4 is 0 Å². The number of carbonyl (C=O) groups is 1. The van der Waals surface area contributed by atoms with Gasteiger partial charge in [0, 0.05) is 26.2 Å². The molecule has 1 aromatic carbocycles. The summed E-state index contributed by atoms with van der Waals surface area (Å²) in [5, 5.41) is 9.00. The van der Waals surface area contributed by atoms with Crippen molar-refractivity contribution in [1.29, 1.82) is 5.26 Å². The summed E-state index contributed by atoms with van der Waals surface area (Å²) >= 11 is 0. The summed E-state index contributed by atoms with van der Waals surface area (Å²) in [6.45, 7) is 5.39. The summed E-state index contributed by atoms with van der Waals surface area (Å²) < 4.78 is 5.33. The summed E-state index contributed by atoms with van der Waals surface area (Å²) in [5.74, 6) is 0.379. The molecule has 5 heteroatoms. The number of morpholine rings is 1. The van der Waals surface area contributed by atoms with Gasteiger partial charge in [0.25, 0.3) is 0 Å². The monoisotopic (exact) mass is 313 g/mol. The molecule has 0 N–H and O–H groups in total. The minimum atomic E-state index is 0.0981. The van der Waals surface area contributed by atoms with Crippen molar-refractivity contribution in [2.45, 2.75) is 19.4 Å². The Hall–Kier alpha value is -1.90. The van der Waals surface area contributed by atoms with Gasteiger partial charge in [-0.2, -0.15) is 5.26 Å². The molecule has 1 amide bonds. The summed E-state index contributed by atoms with van der Waals surface area (Å²) in [4.78, 5) is 16.9. The van der Waals surface area contributed by atoms with Crippen LogP contribution in [0.4, 0.5) is 0 Å². The summed E-state index contributed by atoms with van der Waals surface area (Å²) in [6.07, 6.45) is 2.03. The number of benzene rings is 1. The van der Waals surface area contributed by atoms with Crippen molar-refractivity contribution < 1.29 is 9.53 Å². The molecule has 1 atom stereocenters. The molecule has 2 fully saturated rings. The highest BCUT2D eigenvalue weighted by molar-refractivity contribution is 5.79. The van der Waals surface area contributed by atoms with Crippen LogP contribution in [0.1, 0.15) is 24.0 Å². The fraction of sp³-hybridized carbons (Fsp3) is 0.556. The Kier molecular flexibility index (Phi) is 5.27. The van der Waals surface area contributed by atoms with Crippen molar-refractivity contribution in [2.75, 3.05) is 39.4 Å². The third kappa shape index (κ3) is 4.10. The second kappa shape index (κ2) is 7.58. The van der Waals surface area contributed by atoms with E-state index >= 15 is 0 Å². The van der Waals surface area contributed by atoms with Crippen LogP contribution in [0.3, 0.4) is 0 Å². The van der Waals surface area contributed by atoms with E-state index in [4.69, 9.17) is 10.00 Å². The summed E-state index contributed by atoms with van der Waals surface area (Å²) in [7, 11) is 0. The average molecular weight is 313 g/mol. The predicted molar refractivity (Wildman–Crippen MR) is 86.6 cm³/mol. The molecule has 2 saturated heterocycles. The number of likely N-dealkylation sites (tertiary alicyclic amines) is 1. The van der Waals surface area contributed by atoms with Crippen molar-refractivity contribution in [3.05, 3.63) is 35.4 Å². The highest BCUT2D eigenvalue weighted by Gasteiger charge is 2.29. The fourth-order valence-electron chi connectivity index (χ4n) is 3.44. The van der Waals surface area contributed by atoms with E-state index in [0.29, 0.717) is 18.8 Å². The Morgan fingerprint density at radius 3 is 2.91 bits per heavy atom. The lowest BCUT2D eigenvalue weighted by molar-refractivity contribution is -0.141. The largest absolute Gasteiger partial charge is 0.378 e. The molecule has 2 aliphatic rings. The van der Waals surface area contributed by atoms with Crippen LogP contribution in [0, 0.1) is 17.2 Å². The molecule has 0 aromatic heterocycles. The van der Waals surface area contributed by atoms with Gasteiger partial charge in [-0.25, -0.2) is 0 Å². The number of hydrogen-bond donors (Lipinski definition) is 0. The standard InChI is InChI=1S/C18H23N3O2/c19-12-15-3-1-4-16(11-15)13-20-6-2-5-17(14-20)18(22)21-7-9-23-10-8-21/h1,3-4,11,17H,2,5-10,13-14H2. The maximum Gasteiger partial charge on any atom is 0.227 e. The minimum Gasteiger partial charge on any atom is -0.378 e. The van der Waals surface area contributed by atoms with Crippen LogP contribution in [-0.4, -0.2) is 55.1 Å². The highest BCUT2D eigenvalue weighted by atomic mass is 16.5. The fourth-order valence-corrected chi connectivity index (χ4v) is 3.44. The van der Waals surface area contributed by atoms with Crippen molar-refractivity contribution in [2.24, 2.45) is 5.92 Å².